The van der Waals surface area contributed by atoms with Crippen molar-refractivity contribution in [2.75, 3.05) is 5.32 Å². The van der Waals surface area contributed by atoms with Crippen LogP contribution in [0.25, 0.3) is 0 Å². The molecule has 3 rings (SSSR count). The first-order valence-corrected chi connectivity index (χ1v) is 9.06. The molecule has 1 aromatic carbocycles. The lowest BCUT2D eigenvalue weighted by molar-refractivity contribution is -0.137. The van der Waals surface area contributed by atoms with Gasteiger partial charge in [0, 0.05) is 29.5 Å². The number of hydrogen-bond acceptors (Lipinski definition) is 2. The third-order valence-electron chi connectivity index (χ3n) is 4.08. The summed E-state index contributed by atoms with van der Waals surface area (Å²) in [7, 11) is 1.90. The summed E-state index contributed by atoms with van der Waals surface area (Å²) in [6.07, 6.45) is -2.51. The van der Waals surface area contributed by atoms with Crippen molar-refractivity contribution in [3.63, 3.8) is 0 Å². The van der Waals surface area contributed by atoms with Crippen molar-refractivity contribution in [1.82, 2.24) is 9.47 Å². The highest BCUT2D eigenvalue weighted by atomic mass is 32.1. The normalized spacial score (nSPS) is 11.4. The number of nitrogens with one attached hydrogen (secondary N) is 1. The fourth-order valence-electron chi connectivity index (χ4n) is 2.59. The van der Waals surface area contributed by atoms with Crippen LogP contribution >= 0.6 is 11.3 Å². The molecule has 0 saturated carbocycles. The van der Waals surface area contributed by atoms with Crippen LogP contribution in [0, 0.1) is 0 Å². The van der Waals surface area contributed by atoms with Gasteiger partial charge in [-0.1, -0.05) is 6.07 Å². The van der Waals surface area contributed by atoms with E-state index in [9.17, 15) is 18.0 Å². The lowest BCUT2D eigenvalue weighted by Crippen LogP contribution is -2.34. The van der Waals surface area contributed by atoms with Gasteiger partial charge in [-0.3, -0.25) is 0 Å². The Hall–Kier alpha value is -2.74. The van der Waals surface area contributed by atoms with Crippen LogP contribution in [-0.2, 0) is 26.3 Å². The van der Waals surface area contributed by atoms with Crippen LogP contribution in [0.4, 0.5) is 23.7 Å². The summed E-state index contributed by atoms with van der Waals surface area (Å²) in [4.78, 5) is 15.4. The third kappa shape index (κ3) is 4.91. The number of urea groups is 1. The van der Waals surface area contributed by atoms with Crippen molar-refractivity contribution in [2.24, 2.45) is 7.05 Å². The molecule has 3 aromatic rings. The topological polar surface area (TPSA) is 37.3 Å². The smallest absolute Gasteiger partial charge is 0.353 e. The Morgan fingerprint density at radius 3 is 2.41 bits per heavy atom. The summed E-state index contributed by atoms with van der Waals surface area (Å²) < 4.78 is 39.9. The first-order valence-electron chi connectivity index (χ1n) is 8.19. The summed E-state index contributed by atoms with van der Waals surface area (Å²) in [5.41, 5.74) is 0.518. The van der Waals surface area contributed by atoms with Crippen molar-refractivity contribution in [3.8, 4) is 0 Å². The zero-order valence-electron chi connectivity index (χ0n) is 14.5. The standard InChI is InChI=1S/C19H18F3N3OS/c1-24-10-2-4-16(24)12-25(13-17-5-3-11-27-17)18(26)23-15-8-6-14(7-9-15)19(20,21)22/h2-11H,12-13H2,1H3,(H,23,26). The summed E-state index contributed by atoms with van der Waals surface area (Å²) in [5.74, 6) is 0. The number of halogens is 3. The van der Waals surface area contributed by atoms with E-state index in [0.29, 0.717) is 18.8 Å². The van der Waals surface area contributed by atoms with Gasteiger partial charge in [0.1, 0.15) is 0 Å². The molecule has 0 unspecified atom stereocenters. The lowest BCUT2D eigenvalue weighted by Gasteiger charge is -2.23. The predicted octanol–water partition coefficient (Wildman–Crippen LogP) is 5.34. The minimum atomic E-state index is -4.40. The molecular weight excluding hydrogens is 375 g/mol. The van der Waals surface area contributed by atoms with E-state index in [-0.39, 0.29) is 6.03 Å². The molecule has 142 valence electrons. The maximum absolute atomic E-state index is 12.7. The number of thiophene rings is 1. The predicted molar refractivity (Wildman–Crippen MR) is 99.4 cm³/mol. The number of rotatable bonds is 5. The van der Waals surface area contributed by atoms with Crippen molar-refractivity contribution >= 4 is 23.1 Å². The second-order valence-corrected chi connectivity index (χ2v) is 7.08. The van der Waals surface area contributed by atoms with Crippen LogP contribution in [0.1, 0.15) is 16.1 Å². The molecule has 0 saturated heterocycles. The first kappa shape index (κ1) is 19.0. The molecule has 0 aliphatic rings. The maximum Gasteiger partial charge on any atom is 0.416 e. The maximum atomic E-state index is 12.7. The second kappa shape index (κ2) is 7.87. The number of carbonyl (C=O) groups is 1. The minimum absolute atomic E-state index is 0.316. The van der Waals surface area contributed by atoms with Crippen molar-refractivity contribution in [2.45, 2.75) is 19.3 Å². The molecule has 0 bridgehead atoms. The quantitative estimate of drug-likeness (QED) is 0.624. The zero-order valence-corrected chi connectivity index (χ0v) is 15.3. The largest absolute Gasteiger partial charge is 0.416 e. The summed E-state index contributed by atoms with van der Waals surface area (Å²) in [6, 6.07) is 11.7. The van der Waals surface area contributed by atoms with Crippen LogP contribution in [-0.4, -0.2) is 15.5 Å². The van der Waals surface area contributed by atoms with Gasteiger partial charge in [0.25, 0.3) is 0 Å². The van der Waals surface area contributed by atoms with E-state index in [1.807, 2.05) is 47.5 Å². The average molecular weight is 393 g/mol. The van der Waals surface area contributed by atoms with Gasteiger partial charge in [-0.25, -0.2) is 4.79 Å². The first-order chi connectivity index (χ1) is 12.8. The monoisotopic (exact) mass is 393 g/mol. The van der Waals surface area contributed by atoms with E-state index in [0.717, 1.165) is 22.7 Å². The number of nitrogens with zero attached hydrogens (tertiary/aromatic N) is 2. The number of carbonyl (C=O) groups excluding carboxylic acids is 1. The molecule has 0 spiro atoms. The van der Waals surface area contributed by atoms with Gasteiger partial charge in [-0.05, 0) is 47.8 Å². The molecule has 27 heavy (non-hydrogen) atoms. The Morgan fingerprint density at radius 1 is 1.11 bits per heavy atom. The SMILES string of the molecule is Cn1cccc1CN(Cc1cccs1)C(=O)Nc1ccc(C(F)(F)F)cc1. The van der Waals surface area contributed by atoms with Gasteiger partial charge >= 0.3 is 12.2 Å². The van der Waals surface area contributed by atoms with Gasteiger partial charge in [0.2, 0.25) is 0 Å². The number of hydrogen-bond donors (Lipinski definition) is 1. The molecular formula is C19H18F3N3OS. The van der Waals surface area contributed by atoms with Gasteiger partial charge in [0.15, 0.2) is 0 Å². The average Bonchev–Trinajstić information content (AvgIpc) is 3.26. The Labute approximate surface area is 158 Å². The van der Waals surface area contributed by atoms with Crippen LogP contribution in [0.3, 0.4) is 0 Å². The third-order valence-corrected chi connectivity index (χ3v) is 4.94. The van der Waals surface area contributed by atoms with E-state index >= 15 is 0 Å². The van der Waals surface area contributed by atoms with Crippen LogP contribution in [0.2, 0.25) is 0 Å². The molecule has 2 aromatic heterocycles. The molecule has 1 N–H and O–H groups in total. The van der Waals surface area contributed by atoms with Crippen LogP contribution in [0.15, 0.2) is 60.1 Å². The van der Waals surface area contributed by atoms with Gasteiger partial charge < -0.3 is 14.8 Å². The van der Waals surface area contributed by atoms with Gasteiger partial charge in [-0.15, -0.1) is 11.3 Å². The molecule has 0 fully saturated rings. The highest BCUT2D eigenvalue weighted by Gasteiger charge is 2.30. The Bertz CT molecular complexity index is 886. The van der Waals surface area contributed by atoms with Gasteiger partial charge in [0.05, 0.1) is 18.7 Å². The number of aryl methyl sites for hydroxylation is 1. The second-order valence-electron chi connectivity index (χ2n) is 6.05. The number of amides is 2. The minimum Gasteiger partial charge on any atom is -0.353 e. The molecule has 0 aliphatic carbocycles. The Balaban J connectivity index is 1.74. The number of alkyl halides is 3. The highest BCUT2D eigenvalue weighted by Crippen LogP contribution is 2.30. The Morgan fingerprint density at radius 2 is 1.85 bits per heavy atom. The van der Waals surface area contributed by atoms with Crippen LogP contribution in [0.5, 0.6) is 0 Å². The molecule has 0 radical (unpaired) electrons. The fraction of sp³-hybridized carbons (Fsp3) is 0.211. The van der Waals surface area contributed by atoms with Crippen molar-refractivity contribution in [1.29, 1.82) is 0 Å². The molecule has 2 amide bonds. The molecule has 2 heterocycles. The van der Waals surface area contributed by atoms with E-state index in [1.165, 1.54) is 12.1 Å². The fourth-order valence-corrected chi connectivity index (χ4v) is 3.31. The van der Waals surface area contributed by atoms with E-state index in [2.05, 4.69) is 5.32 Å². The number of aromatic nitrogens is 1. The molecule has 0 aliphatic heterocycles. The van der Waals surface area contributed by atoms with Crippen molar-refractivity contribution in [3.05, 3.63) is 76.2 Å². The number of anilines is 1. The van der Waals surface area contributed by atoms with E-state index < -0.39 is 11.7 Å². The highest BCUT2D eigenvalue weighted by molar-refractivity contribution is 7.09. The summed E-state index contributed by atoms with van der Waals surface area (Å²) in [6.45, 7) is 0.795. The zero-order chi connectivity index (χ0) is 19.4. The number of benzene rings is 1. The lowest BCUT2D eigenvalue weighted by atomic mass is 10.2. The van der Waals surface area contributed by atoms with E-state index in [4.69, 9.17) is 0 Å². The molecule has 0 atom stereocenters. The van der Waals surface area contributed by atoms with E-state index in [1.54, 1.807) is 16.2 Å². The van der Waals surface area contributed by atoms with Gasteiger partial charge in [-0.2, -0.15) is 13.2 Å². The Kier molecular flexibility index (Phi) is 5.55. The summed E-state index contributed by atoms with van der Waals surface area (Å²) in [5, 5.41) is 4.61. The van der Waals surface area contributed by atoms with Crippen LogP contribution < -0.4 is 5.32 Å². The molecule has 4 nitrogen and oxygen atoms in total. The van der Waals surface area contributed by atoms with Crippen molar-refractivity contribution < 1.29 is 18.0 Å². The molecule has 8 heteroatoms. The summed E-state index contributed by atoms with van der Waals surface area (Å²) >= 11 is 1.54.